The molecule has 35 heavy (non-hydrogen) atoms. The summed E-state index contributed by atoms with van der Waals surface area (Å²) in [4.78, 5) is 15.3. The summed E-state index contributed by atoms with van der Waals surface area (Å²) in [5.41, 5.74) is 4.14. The average molecular weight is 477 g/mol. The van der Waals surface area contributed by atoms with E-state index in [2.05, 4.69) is 28.9 Å². The molecule has 3 aromatic heterocycles. The number of methoxy groups -OCH3 is 1. The molecule has 1 aromatic carbocycles. The van der Waals surface area contributed by atoms with Crippen LogP contribution in [0.5, 0.6) is 11.5 Å². The Morgan fingerprint density at radius 3 is 2.49 bits per heavy atom. The van der Waals surface area contributed by atoms with E-state index in [-0.39, 0.29) is 12.6 Å². The van der Waals surface area contributed by atoms with Crippen molar-refractivity contribution in [2.75, 3.05) is 25.7 Å². The monoisotopic (exact) mass is 476 g/mol. The van der Waals surface area contributed by atoms with Crippen molar-refractivity contribution in [1.82, 2.24) is 24.7 Å². The van der Waals surface area contributed by atoms with Crippen LogP contribution in [0.3, 0.4) is 0 Å². The summed E-state index contributed by atoms with van der Waals surface area (Å²) in [5.74, 6) is 1.26. The number of aromatic nitrogens is 5. The second kappa shape index (κ2) is 10.7. The highest BCUT2D eigenvalue weighted by Crippen LogP contribution is 2.36. The van der Waals surface area contributed by atoms with Crippen LogP contribution in [0, 0.1) is 0 Å². The lowest BCUT2D eigenvalue weighted by Crippen LogP contribution is -2.17. The van der Waals surface area contributed by atoms with E-state index in [1.54, 1.807) is 19.5 Å². The van der Waals surface area contributed by atoms with Gasteiger partial charge in [0.05, 0.1) is 54.3 Å². The predicted molar refractivity (Wildman–Crippen MR) is 136 cm³/mol. The Labute approximate surface area is 205 Å². The maximum atomic E-state index is 10.1. The number of rotatable bonds is 10. The maximum absolute atomic E-state index is 10.1. The van der Waals surface area contributed by atoms with Gasteiger partial charge in [-0.1, -0.05) is 13.3 Å². The Morgan fingerprint density at radius 1 is 1.06 bits per heavy atom. The van der Waals surface area contributed by atoms with Crippen molar-refractivity contribution in [3.63, 3.8) is 0 Å². The van der Waals surface area contributed by atoms with Gasteiger partial charge in [0.1, 0.15) is 24.4 Å². The van der Waals surface area contributed by atoms with Gasteiger partial charge in [0, 0.05) is 24.7 Å². The second-order valence-corrected chi connectivity index (χ2v) is 8.75. The number of hydrogen-bond acceptors (Lipinski definition) is 8. The Hall–Kier alpha value is -3.72. The van der Waals surface area contributed by atoms with E-state index < -0.39 is 6.10 Å². The number of ether oxygens (including phenoxy) is 2. The molecule has 0 spiro atoms. The first-order valence-corrected chi connectivity index (χ1v) is 11.8. The third-order valence-electron chi connectivity index (χ3n) is 5.81. The van der Waals surface area contributed by atoms with Crippen LogP contribution >= 0.6 is 0 Å². The van der Waals surface area contributed by atoms with Crippen LogP contribution in [-0.2, 0) is 0 Å². The molecule has 0 aliphatic heterocycles. The van der Waals surface area contributed by atoms with Gasteiger partial charge in [0.15, 0.2) is 5.65 Å². The molecule has 1 unspecified atom stereocenters. The highest BCUT2D eigenvalue weighted by Gasteiger charge is 2.18. The Morgan fingerprint density at radius 2 is 1.80 bits per heavy atom. The first kappa shape index (κ1) is 24.4. The van der Waals surface area contributed by atoms with Crippen LogP contribution in [0.1, 0.15) is 39.7 Å². The van der Waals surface area contributed by atoms with E-state index in [1.165, 1.54) is 6.33 Å². The van der Waals surface area contributed by atoms with Crippen LogP contribution in [0.4, 0.5) is 11.4 Å². The fourth-order valence-electron chi connectivity index (χ4n) is 3.94. The van der Waals surface area contributed by atoms with Gasteiger partial charge in [-0.15, -0.1) is 0 Å². The zero-order valence-corrected chi connectivity index (χ0v) is 20.8. The largest absolute Gasteiger partial charge is 0.497 e. The number of nitrogens with zero attached hydrogens (tertiary/aromatic N) is 6. The standard InChI is InChI=1S/C26H32N6O3/c1-6-7-20(33)15-35-22-9-18(8-21(10-22)34-5)24-11-25(31(4)19-12-27-16-28-13-19)23-14-29-32(17(2)3)26(23)30-24/h8-14,16-17,20,33H,6-7,15H2,1-5H3. The normalized spacial score (nSPS) is 12.2. The third kappa shape index (κ3) is 5.35. The first-order valence-electron chi connectivity index (χ1n) is 11.8. The summed E-state index contributed by atoms with van der Waals surface area (Å²) < 4.78 is 13.4. The van der Waals surface area contributed by atoms with Crippen LogP contribution in [0.15, 0.2) is 49.2 Å². The molecule has 9 heteroatoms. The minimum Gasteiger partial charge on any atom is -0.497 e. The van der Waals surface area contributed by atoms with E-state index in [0.29, 0.717) is 17.9 Å². The lowest BCUT2D eigenvalue weighted by atomic mass is 10.1. The molecule has 0 saturated heterocycles. The lowest BCUT2D eigenvalue weighted by Gasteiger charge is -2.21. The fourth-order valence-corrected chi connectivity index (χ4v) is 3.94. The molecule has 0 fully saturated rings. The molecule has 4 aromatic rings. The van der Waals surface area contributed by atoms with Crippen molar-refractivity contribution < 1.29 is 14.6 Å². The molecular formula is C26H32N6O3. The van der Waals surface area contributed by atoms with Crippen LogP contribution < -0.4 is 14.4 Å². The summed E-state index contributed by atoms with van der Waals surface area (Å²) in [5, 5.41) is 15.6. The minimum absolute atomic E-state index is 0.137. The summed E-state index contributed by atoms with van der Waals surface area (Å²) in [6.45, 7) is 6.41. The molecule has 0 radical (unpaired) electrons. The number of hydrogen-bond donors (Lipinski definition) is 1. The van der Waals surface area contributed by atoms with Crippen LogP contribution in [0.25, 0.3) is 22.3 Å². The van der Waals surface area contributed by atoms with E-state index in [9.17, 15) is 5.11 Å². The van der Waals surface area contributed by atoms with Gasteiger partial charge in [-0.2, -0.15) is 5.10 Å². The van der Waals surface area contributed by atoms with Gasteiger partial charge >= 0.3 is 0 Å². The number of anilines is 2. The van der Waals surface area contributed by atoms with Gasteiger partial charge in [-0.3, -0.25) is 0 Å². The first-order chi connectivity index (χ1) is 16.9. The van der Waals surface area contributed by atoms with Gasteiger partial charge in [0.2, 0.25) is 0 Å². The highest BCUT2D eigenvalue weighted by molar-refractivity contribution is 5.94. The number of pyridine rings is 1. The SMILES string of the molecule is CCCC(O)COc1cc(OC)cc(-c2cc(N(C)c3cncnc3)c3cnn(C(C)C)c3n2)c1. The van der Waals surface area contributed by atoms with Crippen molar-refractivity contribution in [1.29, 1.82) is 0 Å². The van der Waals surface area contributed by atoms with Crippen molar-refractivity contribution in [3.8, 4) is 22.8 Å². The molecule has 184 valence electrons. The van der Waals surface area contributed by atoms with Gasteiger partial charge in [-0.05, 0) is 38.5 Å². The van der Waals surface area contributed by atoms with Gasteiger partial charge in [-0.25, -0.2) is 19.6 Å². The molecule has 4 rings (SSSR count). The smallest absolute Gasteiger partial charge is 0.160 e. The molecule has 0 aliphatic carbocycles. The van der Waals surface area contributed by atoms with Crippen molar-refractivity contribution in [3.05, 3.63) is 49.2 Å². The van der Waals surface area contributed by atoms with Crippen LogP contribution in [0.2, 0.25) is 0 Å². The van der Waals surface area contributed by atoms with Gasteiger partial charge < -0.3 is 19.5 Å². The molecule has 0 aliphatic rings. The number of benzene rings is 1. The molecule has 9 nitrogen and oxygen atoms in total. The molecule has 1 atom stereocenters. The summed E-state index contributed by atoms with van der Waals surface area (Å²) in [6, 6.07) is 7.81. The molecule has 0 bridgehead atoms. The van der Waals surface area contributed by atoms with Crippen LogP contribution in [-0.4, -0.2) is 56.7 Å². The lowest BCUT2D eigenvalue weighted by molar-refractivity contribution is 0.0992. The zero-order chi connectivity index (χ0) is 24.9. The number of aliphatic hydroxyl groups is 1. The highest BCUT2D eigenvalue weighted by atomic mass is 16.5. The zero-order valence-electron chi connectivity index (χ0n) is 20.8. The van der Waals surface area contributed by atoms with E-state index in [4.69, 9.17) is 14.5 Å². The summed E-state index contributed by atoms with van der Waals surface area (Å²) in [6.07, 6.45) is 7.96. The summed E-state index contributed by atoms with van der Waals surface area (Å²) in [7, 11) is 3.59. The third-order valence-corrected chi connectivity index (χ3v) is 5.81. The van der Waals surface area contributed by atoms with Crippen molar-refractivity contribution in [2.45, 2.75) is 45.8 Å². The molecule has 0 amide bonds. The molecular weight excluding hydrogens is 444 g/mol. The Balaban J connectivity index is 1.82. The maximum Gasteiger partial charge on any atom is 0.160 e. The predicted octanol–water partition coefficient (Wildman–Crippen LogP) is 4.79. The Bertz CT molecular complexity index is 1280. The minimum atomic E-state index is -0.516. The molecule has 0 saturated carbocycles. The van der Waals surface area contributed by atoms with E-state index in [1.807, 2.05) is 54.0 Å². The average Bonchev–Trinajstić information content (AvgIpc) is 3.31. The summed E-state index contributed by atoms with van der Waals surface area (Å²) >= 11 is 0. The quantitative estimate of drug-likeness (QED) is 0.349. The Kier molecular flexibility index (Phi) is 7.45. The second-order valence-electron chi connectivity index (χ2n) is 8.75. The van der Waals surface area contributed by atoms with E-state index in [0.717, 1.165) is 40.1 Å². The van der Waals surface area contributed by atoms with Crippen molar-refractivity contribution in [2.24, 2.45) is 0 Å². The topological polar surface area (TPSA) is 98.4 Å². The fraction of sp³-hybridized carbons (Fsp3) is 0.385. The van der Waals surface area contributed by atoms with Crippen molar-refractivity contribution >= 4 is 22.4 Å². The molecule has 1 N–H and O–H groups in total. The number of aliphatic hydroxyl groups excluding tert-OH is 1. The van der Waals surface area contributed by atoms with Gasteiger partial charge in [0.25, 0.3) is 0 Å². The number of fused-ring (bicyclic) bond motifs is 1. The van der Waals surface area contributed by atoms with E-state index >= 15 is 0 Å². The molecule has 3 heterocycles.